The molecule has 2 heterocycles. The smallest absolute Gasteiger partial charge is 0.242 e. The number of rotatable bonds is 5. The molecule has 0 aliphatic carbocycles. The molecule has 6 nitrogen and oxygen atoms in total. The number of hydrogen-bond donors (Lipinski definition) is 1. The summed E-state index contributed by atoms with van der Waals surface area (Å²) in [5.41, 5.74) is 5.35. The fourth-order valence-electron chi connectivity index (χ4n) is 3.38. The van der Waals surface area contributed by atoms with E-state index in [2.05, 4.69) is 4.90 Å². The van der Waals surface area contributed by atoms with Gasteiger partial charge in [0.25, 0.3) is 0 Å². The number of halogens is 1. The molecule has 0 saturated carbocycles. The van der Waals surface area contributed by atoms with E-state index in [4.69, 9.17) is 5.73 Å². The van der Waals surface area contributed by atoms with Crippen molar-refractivity contribution in [2.75, 3.05) is 45.8 Å². The van der Waals surface area contributed by atoms with E-state index in [1.807, 2.05) is 23.6 Å². The molecule has 2 saturated heterocycles. The van der Waals surface area contributed by atoms with Gasteiger partial charge in [0, 0.05) is 26.2 Å². The van der Waals surface area contributed by atoms with Crippen LogP contribution in [0, 0.1) is 0 Å². The summed E-state index contributed by atoms with van der Waals surface area (Å²) in [4.78, 5) is 30.7. The minimum absolute atomic E-state index is 0. The molecule has 2 aliphatic heterocycles. The van der Waals surface area contributed by atoms with E-state index >= 15 is 0 Å². The largest absolute Gasteiger partial charge is 0.338 e. The van der Waals surface area contributed by atoms with E-state index in [9.17, 15) is 9.59 Å². The molecule has 134 valence electrons. The summed E-state index contributed by atoms with van der Waals surface area (Å²) in [6.45, 7) is 8.89. The van der Waals surface area contributed by atoms with Gasteiger partial charge in [0.15, 0.2) is 0 Å². The third-order valence-corrected chi connectivity index (χ3v) is 4.74. The molecule has 2 N–H and O–H groups in total. The predicted molar refractivity (Wildman–Crippen MR) is 93.6 cm³/mol. The van der Waals surface area contributed by atoms with Gasteiger partial charge >= 0.3 is 0 Å². The van der Waals surface area contributed by atoms with Crippen molar-refractivity contribution in [3.05, 3.63) is 0 Å². The van der Waals surface area contributed by atoms with E-state index in [1.165, 1.54) is 12.8 Å². The number of carbonyl (C=O) groups is 2. The van der Waals surface area contributed by atoms with Gasteiger partial charge in [-0.15, -0.1) is 12.4 Å². The zero-order valence-corrected chi connectivity index (χ0v) is 15.2. The SMILES string of the molecule is CCCC(C)(N)C(=O)N1CCN(C(=O)CN2CCCC2)CC1.Cl. The lowest BCUT2D eigenvalue weighted by molar-refractivity contribution is -0.143. The highest BCUT2D eigenvalue weighted by Crippen LogP contribution is 2.15. The van der Waals surface area contributed by atoms with E-state index in [1.54, 1.807) is 0 Å². The first-order valence-corrected chi connectivity index (χ1v) is 8.52. The third-order valence-electron chi connectivity index (χ3n) is 4.74. The fraction of sp³-hybridized carbons (Fsp3) is 0.875. The number of likely N-dealkylation sites (tertiary alicyclic amines) is 1. The van der Waals surface area contributed by atoms with Gasteiger partial charge in [0.1, 0.15) is 0 Å². The van der Waals surface area contributed by atoms with E-state index in [-0.39, 0.29) is 24.2 Å². The van der Waals surface area contributed by atoms with Gasteiger partial charge in [0.05, 0.1) is 12.1 Å². The quantitative estimate of drug-likeness (QED) is 0.795. The summed E-state index contributed by atoms with van der Waals surface area (Å²) < 4.78 is 0. The summed E-state index contributed by atoms with van der Waals surface area (Å²) in [6, 6.07) is 0. The van der Waals surface area contributed by atoms with Gasteiger partial charge in [-0.1, -0.05) is 13.3 Å². The molecule has 0 aromatic rings. The summed E-state index contributed by atoms with van der Waals surface area (Å²) in [5, 5.41) is 0. The molecule has 2 amide bonds. The first kappa shape index (κ1) is 20.2. The van der Waals surface area contributed by atoms with Crippen molar-refractivity contribution in [2.45, 2.75) is 45.1 Å². The molecule has 0 bridgehead atoms. The van der Waals surface area contributed by atoms with Crippen LogP contribution in [0.15, 0.2) is 0 Å². The minimum Gasteiger partial charge on any atom is -0.338 e. The Kier molecular flexibility index (Phi) is 7.77. The van der Waals surface area contributed by atoms with Crippen LogP contribution in [0.5, 0.6) is 0 Å². The Morgan fingerprint density at radius 2 is 1.52 bits per heavy atom. The number of hydrogen-bond acceptors (Lipinski definition) is 4. The molecule has 0 aromatic carbocycles. The molecular formula is C16H31ClN4O2. The monoisotopic (exact) mass is 346 g/mol. The highest BCUT2D eigenvalue weighted by molar-refractivity contribution is 5.86. The molecule has 1 atom stereocenters. The van der Waals surface area contributed by atoms with E-state index in [0.29, 0.717) is 39.1 Å². The Hall–Kier alpha value is -0.850. The lowest BCUT2D eigenvalue weighted by Crippen LogP contribution is -2.59. The van der Waals surface area contributed by atoms with E-state index < -0.39 is 5.54 Å². The first-order valence-electron chi connectivity index (χ1n) is 8.52. The zero-order valence-electron chi connectivity index (χ0n) is 14.4. The molecule has 0 aromatic heterocycles. The van der Waals surface area contributed by atoms with Crippen LogP contribution in [-0.2, 0) is 9.59 Å². The van der Waals surface area contributed by atoms with Crippen LogP contribution in [0.3, 0.4) is 0 Å². The summed E-state index contributed by atoms with van der Waals surface area (Å²) >= 11 is 0. The third kappa shape index (κ3) is 5.33. The summed E-state index contributed by atoms with van der Waals surface area (Å²) in [7, 11) is 0. The van der Waals surface area contributed by atoms with Crippen LogP contribution < -0.4 is 5.73 Å². The van der Waals surface area contributed by atoms with Gasteiger partial charge in [-0.2, -0.15) is 0 Å². The molecule has 2 aliphatic rings. The average molecular weight is 347 g/mol. The second-order valence-corrected chi connectivity index (χ2v) is 6.82. The summed E-state index contributed by atoms with van der Waals surface area (Å²) in [6.07, 6.45) is 3.98. The van der Waals surface area contributed by atoms with Crippen molar-refractivity contribution in [3.63, 3.8) is 0 Å². The van der Waals surface area contributed by atoms with Gasteiger partial charge in [-0.25, -0.2) is 0 Å². The number of carbonyl (C=O) groups excluding carboxylic acids is 2. The van der Waals surface area contributed by atoms with Gasteiger partial charge < -0.3 is 15.5 Å². The van der Waals surface area contributed by atoms with Crippen LogP contribution in [0.1, 0.15) is 39.5 Å². The Morgan fingerprint density at radius 1 is 1.00 bits per heavy atom. The highest BCUT2D eigenvalue weighted by atomic mass is 35.5. The summed E-state index contributed by atoms with van der Waals surface area (Å²) in [5.74, 6) is 0.207. The lowest BCUT2D eigenvalue weighted by atomic mass is 9.95. The highest BCUT2D eigenvalue weighted by Gasteiger charge is 2.34. The molecule has 23 heavy (non-hydrogen) atoms. The number of nitrogens with zero attached hydrogens (tertiary/aromatic N) is 3. The molecule has 2 fully saturated rings. The maximum atomic E-state index is 12.5. The fourth-order valence-corrected chi connectivity index (χ4v) is 3.38. The zero-order chi connectivity index (χ0) is 16.2. The van der Waals surface area contributed by atoms with Crippen molar-refractivity contribution in [1.29, 1.82) is 0 Å². The van der Waals surface area contributed by atoms with Crippen molar-refractivity contribution in [2.24, 2.45) is 5.73 Å². The number of nitrogens with two attached hydrogens (primary N) is 1. The first-order chi connectivity index (χ1) is 10.4. The molecule has 1 unspecified atom stereocenters. The molecule has 0 radical (unpaired) electrons. The normalized spacial score (nSPS) is 21.7. The Labute approximate surface area is 145 Å². The molecule has 7 heteroatoms. The maximum absolute atomic E-state index is 12.5. The molecular weight excluding hydrogens is 316 g/mol. The van der Waals surface area contributed by atoms with Crippen molar-refractivity contribution in [1.82, 2.24) is 14.7 Å². The second-order valence-electron chi connectivity index (χ2n) is 6.82. The van der Waals surface area contributed by atoms with Crippen LogP contribution in [0.25, 0.3) is 0 Å². The van der Waals surface area contributed by atoms with Crippen LogP contribution in [0.2, 0.25) is 0 Å². The Balaban J connectivity index is 0.00000264. The van der Waals surface area contributed by atoms with Gasteiger partial charge in [0.2, 0.25) is 11.8 Å². The van der Waals surface area contributed by atoms with Crippen molar-refractivity contribution >= 4 is 24.2 Å². The van der Waals surface area contributed by atoms with Crippen LogP contribution in [-0.4, -0.2) is 77.9 Å². The Morgan fingerprint density at radius 3 is 2.04 bits per heavy atom. The lowest BCUT2D eigenvalue weighted by Gasteiger charge is -2.38. The second kappa shape index (κ2) is 8.85. The van der Waals surface area contributed by atoms with Crippen LogP contribution >= 0.6 is 12.4 Å². The van der Waals surface area contributed by atoms with Crippen molar-refractivity contribution < 1.29 is 9.59 Å². The molecule has 2 rings (SSSR count). The maximum Gasteiger partial charge on any atom is 0.242 e. The van der Waals surface area contributed by atoms with E-state index in [0.717, 1.165) is 19.5 Å². The molecule has 0 spiro atoms. The Bertz CT molecular complexity index is 403. The predicted octanol–water partition coefficient (Wildman–Crippen LogP) is 0.692. The van der Waals surface area contributed by atoms with Crippen molar-refractivity contribution in [3.8, 4) is 0 Å². The van der Waals surface area contributed by atoms with Gasteiger partial charge in [-0.05, 0) is 39.3 Å². The average Bonchev–Trinajstić information content (AvgIpc) is 2.99. The number of amides is 2. The van der Waals surface area contributed by atoms with Crippen LogP contribution in [0.4, 0.5) is 0 Å². The van der Waals surface area contributed by atoms with Gasteiger partial charge in [-0.3, -0.25) is 14.5 Å². The number of piperazine rings is 1. The standard InChI is InChI=1S/C16H30N4O2.ClH/c1-3-6-16(2,17)15(22)20-11-9-19(10-12-20)14(21)13-18-7-4-5-8-18;/h3-13,17H2,1-2H3;1H. The topological polar surface area (TPSA) is 69.9 Å². The minimum atomic E-state index is -0.781.